The van der Waals surface area contributed by atoms with Gasteiger partial charge in [-0.25, -0.2) is 0 Å². The first-order valence-corrected chi connectivity index (χ1v) is 4.94. The Bertz CT molecular complexity index is 509. The van der Waals surface area contributed by atoms with Gasteiger partial charge >= 0.3 is 0 Å². The molecule has 0 aliphatic heterocycles. The summed E-state index contributed by atoms with van der Waals surface area (Å²) in [6, 6.07) is 9.29. The molecule has 0 fully saturated rings. The molecule has 0 atom stereocenters. The van der Waals surface area contributed by atoms with Crippen LogP contribution in [-0.4, -0.2) is 16.4 Å². The van der Waals surface area contributed by atoms with Crippen molar-refractivity contribution < 1.29 is 9.90 Å². The maximum absolute atomic E-state index is 10.6. The number of aromatic nitrogens is 1. The van der Waals surface area contributed by atoms with Crippen LogP contribution in [0.5, 0.6) is 0 Å². The number of aldehydes is 1. The SMILES string of the molecule is O=Cc1cncc(-c2cccc(CO)c2)c1. The first-order valence-electron chi connectivity index (χ1n) is 4.94. The summed E-state index contributed by atoms with van der Waals surface area (Å²) in [6.07, 6.45) is 3.99. The van der Waals surface area contributed by atoms with Gasteiger partial charge in [0.1, 0.15) is 0 Å². The molecular formula is C13H11NO2. The van der Waals surface area contributed by atoms with Gasteiger partial charge < -0.3 is 5.11 Å². The lowest BCUT2D eigenvalue weighted by Crippen LogP contribution is -1.87. The van der Waals surface area contributed by atoms with Gasteiger partial charge in [-0.1, -0.05) is 18.2 Å². The molecule has 0 bridgehead atoms. The summed E-state index contributed by atoms with van der Waals surface area (Å²) in [5.74, 6) is 0. The van der Waals surface area contributed by atoms with Crippen LogP contribution in [0.4, 0.5) is 0 Å². The lowest BCUT2D eigenvalue weighted by molar-refractivity contribution is 0.112. The smallest absolute Gasteiger partial charge is 0.151 e. The predicted molar refractivity (Wildman–Crippen MR) is 61.0 cm³/mol. The van der Waals surface area contributed by atoms with Crippen LogP contribution in [0.15, 0.2) is 42.7 Å². The van der Waals surface area contributed by atoms with Crippen LogP contribution in [0.3, 0.4) is 0 Å². The normalized spacial score (nSPS) is 10.1. The number of benzene rings is 1. The standard InChI is InChI=1S/C13H11NO2/c15-8-10-2-1-3-12(4-10)13-5-11(9-16)6-14-7-13/h1-7,9,15H,8H2. The number of pyridine rings is 1. The van der Waals surface area contributed by atoms with Gasteiger partial charge in [0.05, 0.1) is 6.61 Å². The van der Waals surface area contributed by atoms with Gasteiger partial charge in [-0.3, -0.25) is 9.78 Å². The van der Waals surface area contributed by atoms with Crippen molar-refractivity contribution in [1.82, 2.24) is 4.98 Å². The highest BCUT2D eigenvalue weighted by Crippen LogP contribution is 2.20. The number of aliphatic hydroxyl groups is 1. The Hall–Kier alpha value is -2.00. The lowest BCUT2D eigenvalue weighted by Gasteiger charge is -2.03. The van der Waals surface area contributed by atoms with E-state index in [1.807, 2.05) is 24.3 Å². The van der Waals surface area contributed by atoms with Crippen LogP contribution in [0.25, 0.3) is 11.1 Å². The zero-order valence-corrected chi connectivity index (χ0v) is 8.63. The minimum absolute atomic E-state index is 0.00857. The van der Waals surface area contributed by atoms with E-state index >= 15 is 0 Å². The van der Waals surface area contributed by atoms with Crippen molar-refractivity contribution >= 4 is 6.29 Å². The number of hydrogen-bond donors (Lipinski definition) is 1. The highest BCUT2D eigenvalue weighted by atomic mass is 16.3. The highest BCUT2D eigenvalue weighted by molar-refractivity contribution is 5.78. The number of hydrogen-bond acceptors (Lipinski definition) is 3. The van der Waals surface area contributed by atoms with Gasteiger partial charge in [0.2, 0.25) is 0 Å². The minimum atomic E-state index is 0.00857. The molecule has 0 saturated carbocycles. The average Bonchev–Trinajstić information content (AvgIpc) is 2.39. The number of aliphatic hydroxyl groups excluding tert-OH is 1. The number of rotatable bonds is 3. The zero-order chi connectivity index (χ0) is 11.4. The van der Waals surface area contributed by atoms with Crippen molar-refractivity contribution in [2.45, 2.75) is 6.61 Å². The van der Waals surface area contributed by atoms with Crippen LogP contribution in [0.2, 0.25) is 0 Å². The van der Waals surface area contributed by atoms with Crippen LogP contribution in [-0.2, 0) is 6.61 Å². The molecular weight excluding hydrogens is 202 g/mol. The van der Waals surface area contributed by atoms with Crippen molar-refractivity contribution in [3.8, 4) is 11.1 Å². The molecule has 3 heteroatoms. The third-order valence-corrected chi connectivity index (χ3v) is 2.34. The largest absolute Gasteiger partial charge is 0.392 e. The Labute approximate surface area is 93.4 Å². The molecule has 16 heavy (non-hydrogen) atoms. The summed E-state index contributed by atoms with van der Waals surface area (Å²) in [4.78, 5) is 14.6. The van der Waals surface area contributed by atoms with E-state index in [0.717, 1.165) is 23.0 Å². The van der Waals surface area contributed by atoms with E-state index in [1.54, 1.807) is 12.3 Å². The van der Waals surface area contributed by atoms with Crippen molar-refractivity contribution in [2.75, 3.05) is 0 Å². The molecule has 0 amide bonds. The Kier molecular flexibility index (Phi) is 3.08. The van der Waals surface area contributed by atoms with E-state index in [4.69, 9.17) is 5.11 Å². The molecule has 2 rings (SSSR count). The summed E-state index contributed by atoms with van der Waals surface area (Å²) in [5.41, 5.74) is 3.21. The first-order chi connectivity index (χ1) is 7.83. The third kappa shape index (κ3) is 2.15. The van der Waals surface area contributed by atoms with Gasteiger partial charge in [0.15, 0.2) is 6.29 Å². The molecule has 1 N–H and O–H groups in total. The second-order valence-corrected chi connectivity index (χ2v) is 3.48. The van der Waals surface area contributed by atoms with Crippen molar-refractivity contribution in [2.24, 2.45) is 0 Å². The van der Waals surface area contributed by atoms with Gasteiger partial charge in [-0.15, -0.1) is 0 Å². The van der Waals surface area contributed by atoms with Gasteiger partial charge in [-0.05, 0) is 23.3 Å². The first kappa shape index (κ1) is 10.5. The van der Waals surface area contributed by atoms with Gasteiger partial charge in [-0.2, -0.15) is 0 Å². The Morgan fingerprint density at radius 3 is 2.81 bits per heavy atom. The molecule has 80 valence electrons. The molecule has 0 unspecified atom stereocenters. The second kappa shape index (κ2) is 4.68. The van der Waals surface area contributed by atoms with E-state index in [9.17, 15) is 4.79 Å². The number of nitrogens with zero attached hydrogens (tertiary/aromatic N) is 1. The summed E-state index contributed by atoms with van der Waals surface area (Å²) < 4.78 is 0. The Morgan fingerprint density at radius 1 is 1.19 bits per heavy atom. The van der Waals surface area contributed by atoms with E-state index in [2.05, 4.69) is 4.98 Å². The van der Waals surface area contributed by atoms with E-state index in [-0.39, 0.29) is 6.61 Å². The van der Waals surface area contributed by atoms with Crippen LogP contribution < -0.4 is 0 Å². The van der Waals surface area contributed by atoms with Gasteiger partial charge in [0, 0.05) is 23.5 Å². The van der Waals surface area contributed by atoms with Crippen LogP contribution in [0, 0.1) is 0 Å². The van der Waals surface area contributed by atoms with Crippen molar-refractivity contribution in [1.29, 1.82) is 0 Å². The van der Waals surface area contributed by atoms with Crippen LogP contribution in [0.1, 0.15) is 15.9 Å². The quantitative estimate of drug-likeness (QED) is 0.794. The summed E-state index contributed by atoms with van der Waals surface area (Å²) in [6.45, 7) is 0.00857. The molecule has 0 aliphatic carbocycles. The Balaban J connectivity index is 2.45. The fourth-order valence-corrected chi connectivity index (χ4v) is 1.53. The van der Waals surface area contributed by atoms with Crippen molar-refractivity contribution in [3.05, 3.63) is 53.9 Å². The molecule has 3 nitrogen and oxygen atoms in total. The number of carbonyl (C=O) groups is 1. The fraction of sp³-hybridized carbons (Fsp3) is 0.0769. The average molecular weight is 213 g/mol. The molecule has 2 aromatic rings. The molecule has 0 spiro atoms. The molecule has 0 radical (unpaired) electrons. The molecule has 1 heterocycles. The van der Waals surface area contributed by atoms with Crippen LogP contribution >= 0.6 is 0 Å². The van der Waals surface area contributed by atoms with E-state index in [0.29, 0.717) is 5.56 Å². The molecule has 0 saturated heterocycles. The maximum atomic E-state index is 10.6. The molecule has 1 aromatic heterocycles. The zero-order valence-electron chi connectivity index (χ0n) is 8.63. The van der Waals surface area contributed by atoms with E-state index in [1.165, 1.54) is 6.20 Å². The third-order valence-electron chi connectivity index (χ3n) is 2.34. The highest BCUT2D eigenvalue weighted by Gasteiger charge is 2.00. The second-order valence-electron chi connectivity index (χ2n) is 3.48. The summed E-state index contributed by atoms with van der Waals surface area (Å²) >= 11 is 0. The monoisotopic (exact) mass is 213 g/mol. The van der Waals surface area contributed by atoms with E-state index < -0.39 is 0 Å². The predicted octanol–water partition coefficient (Wildman–Crippen LogP) is 2.05. The topological polar surface area (TPSA) is 50.2 Å². The molecule has 1 aromatic carbocycles. The maximum Gasteiger partial charge on any atom is 0.151 e. The summed E-state index contributed by atoms with van der Waals surface area (Å²) in [5, 5.41) is 9.04. The summed E-state index contributed by atoms with van der Waals surface area (Å²) in [7, 11) is 0. The number of carbonyl (C=O) groups excluding carboxylic acids is 1. The lowest BCUT2D eigenvalue weighted by atomic mass is 10.0. The fourth-order valence-electron chi connectivity index (χ4n) is 1.53. The van der Waals surface area contributed by atoms with Gasteiger partial charge in [0.25, 0.3) is 0 Å². The molecule has 0 aliphatic rings. The van der Waals surface area contributed by atoms with Crippen molar-refractivity contribution in [3.63, 3.8) is 0 Å². The Morgan fingerprint density at radius 2 is 2.06 bits per heavy atom. The minimum Gasteiger partial charge on any atom is -0.392 e.